The van der Waals surface area contributed by atoms with Gasteiger partial charge in [0.15, 0.2) is 0 Å². The summed E-state index contributed by atoms with van der Waals surface area (Å²) in [5.74, 6) is 9.18. The summed E-state index contributed by atoms with van der Waals surface area (Å²) in [5, 5.41) is 16.3. The van der Waals surface area contributed by atoms with Crippen LogP contribution < -0.4 is 11.2 Å². The third-order valence-corrected chi connectivity index (χ3v) is 6.94. The van der Waals surface area contributed by atoms with Gasteiger partial charge in [0.25, 0.3) is 5.95 Å². The highest BCUT2D eigenvalue weighted by atomic mass is 32.2. The van der Waals surface area contributed by atoms with Crippen LogP contribution in [0.2, 0.25) is 0 Å². The Morgan fingerprint density at radius 3 is 2.81 bits per heavy atom. The number of aromatic nitrogens is 5. The molecule has 9 heteroatoms. The van der Waals surface area contributed by atoms with Gasteiger partial charge in [0, 0.05) is 11.7 Å². The Kier molecular flexibility index (Phi) is 4.88. The average Bonchev–Trinajstić information content (AvgIpc) is 3.38. The van der Waals surface area contributed by atoms with Gasteiger partial charge >= 0.3 is 0 Å². The quantitative estimate of drug-likeness (QED) is 0.577. The smallest absolute Gasteiger partial charge is 0.271 e. The maximum Gasteiger partial charge on any atom is 0.271 e. The first-order valence-corrected chi connectivity index (χ1v) is 10.6. The molecular weight excluding hydrogens is 362 g/mol. The Hall–Kier alpha value is -2.03. The van der Waals surface area contributed by atoms with E-state index in [1.54, 1.807) is 4.68 Å². The van der Waals surface area contributed by atoms with Crippen molar-refractivity contribution in [1.82, 2.24) is 30.0 Å². The Morgan fingerprint density at radius 2 is 2.19 bits per heavy atom. The van der Waals surface area contributed by atoms with Gasteiger partial charge < -0.3 is 11.2 Å². The molecule has 0 spiro atoms. The van der Waals surface area contributed by atoms with E-state index in [0.717, 1.165) is 23.2 Å². The van der Waals surface area contributed by atoms with Crippen LogP contribution in [0, 0.1) is 31.6 Å². The highest BCUT2D eigenvalue weighted by molar-refractivity contribution is 7.99. The van der Waals surface area contributed by atoms with Crippen LogP contribution in [0.1, 0.15) is 44.0 Å². The molecule has 4 atom stereocenters. The number of nitrogens with one attached hydrogen (secondary N) is 1. The minimum Gasteiger partial charge on any atom is -0.353 e. The van der Waals surface area contributed by atoms with Crippen molar-refractivity contribution < 1.29 is 4.79 Å². The summed E-state index contributed by atoms with van der Waals surface area (Å²) < 4.78 is 3.04. The van der Waals surface area contributed by atoms with E-state index in [1.165, 1.54) is 42.1 Å². The fourth-order valence-corrected chi connectivity index (χ4v) is 5.45. The standard InChI is InChI=1S/C18H27N7OS/c1-10-6-11(2)25(23-10)17-21-22-18(24(17)19)27-9-16(26)20-12(3)15-8-13-4-5-14(15)7-13/h6,12-15H,4-5,7-9,19H2,1-3H3,(H,20,26)/t12-,13-,14-,15-/m0/s1. The number of amides is 1. The molecule has 0 radical (unpaired) electrons. The summed E-state index contributed by atoms with van der Waals surface area (Å²) in [4.78, 5) is 12.4. The van der Waals surface area contributed by atoms with Crippen LogP contribution in [0.15, 0.2) is 11.2 Å². The van der Waals surface area contributed by atoms with E-state index in [4.69, 9.17) is 5.84 Å². The number of nitrogens with two attached hydrogens (primary N) is 1. The normalized spacial score (nSPS) is 25.1. The lowest BCUT2D eigenvalue weighted by molar-refractivity contribution is -0.119. The van der Waals surface area contributed by atoms with Gasteiger partial charge in [0.2, 0.25) is 11.1 Å². The molecule has 27 heavy (non-hydrogen) atoms. The molecule has 0 aromatic carbocycles. The lowest BCUT2D eigenvalue weighted by Crippen LogP contribution is -2.41. The van der Waals surface area contributed by atoms with E-state index in [9.17, 15) is 4.79 Å². The first-order chi connectivity index (χ1) is 12.9. The number of fused-ring (bicyclic) bond motifs is 2. The van der Waals surface area contributed by atoms with Crippen LogP contribution in [0.25, 0.3) is 5.95 Å². The molecule has 2 fully saturated rings. The minimum absolute atomic E-state index is 0.0194. The average molecular weight is 390 g/mol. The van der Waals surface area contributed by atoms with Crippen LogP contribution in [0.4, 0.5) is 0 Å². The van der Waals surface area contributed by atoms with Crippen LogP contribution in [0.5, 0.6) is 0 Å². The van der Waals surface area contributed by atoms with E-state index in [-0.39, 0.29) is 17.7 Å². The van der Waals surface area contributed by atoms with Gasteiger partial charge in [0.05, 0.1) is 11.4 Å². The first kappa shape index (κ1) is 18.3. The molecule has 2 bridgehead atoms. The van der Waals surface area contributed by atoms with Crippen molar-refractivity contribution in [3.8, 4) is 5.95 Å². The second-order valence-electron chi connectivity index (χ2n) is 7.98. The highest BCUT2D eigenvalue weighted by Gasteiger charge is 2.42. The highest BCUT2D eigenvalue weighted by Crippen LogP contribution is 2.49. The molecule has 2 heterocycles. The fraction of sp³-hybridized carbons (Fsp3) is 0.667. The molecule has 3 N–H and O–H groups in total. The Morgan fingerprint density at radius 1 is 1.37 bits per heavy atom. The summed E-state index contributed by atoms with van der Waals surface area (Å²) in [5.41, 5.74) is 1.82. The van der Waals surface area contributed by atoms with Crippen molar-refractivity contribution in [3.05, 3.63) is 17.5 Å². The molecule has 146 valence electrons. The summed E-state index contributed by atoms with van der Waals surface area (Å²) in [6.45, 7) is 5.99. The molecule has 8 nitrogen and oxygen atoms in total. The molecule has 2 saturated carbocycles. The summed E-state index contributed by atoms with van der Waals surface area (Å²) in [6, 6.07) is 2.18. The zero-order valence-corrected chi connectivity index (χ0v) is 16.9. The first-order valence-electron chi connectivity index (χ1n) is 9.58. The van der Waals surface area contributed by atoms with Crippen LogP contribution >= 0.6 is 11.8 Å². The number of aryl methyl sites for hydroxylation is 2. The molecule has 2 aliphatic carbocycles. The fourth-order valence-electron chi connectivity index (χ4n) is 4.78. The SMILES string of the molecule is Cc1cc(C)n(-c2nnc(SCC(=O)N[C@@H](C)[C@@H]3C[C@H]4CC[C@H]3C4)n2N)n1. The second-order valence-corrected chi connectivity index (χ2v) is 8.92. The summed E-state index contributed by atoms with van der Waals surface area (Å²) in [6.07, 6.45) is 5.32. The molecule has 4 rings (SSSR count). The number of nitrogen functional groups attached to an aromatic ring is 1. The summed E-state index contributed by atoms with van der Waals surface area (Å²) in [7, 11) is 0. The van der Waals surface area contributed by atoms with Gasteiger partial charge in [-0.3, -0.25) is 4.79 Å². The third kappa shape index (κ3) is 3.56. The molecule has 0 aliphatic heterocycles. The van der Waals surface area contributed by atoms with Crippen LogP contribution in [0.3, 0.4) is 0 Å². The topological polar surface area (TPSA) is 104 Å². The van der Waals surface area contributed by atoms with Crippen molar-refractivity contribution in [3.63, 3.8) is 0 Å². The molecule has 1 amide bonds. The number of hydrogen-bond acceptors (Lipinski definition) is 6. The van der Waals surface area contributed by atoms with Crippen molar-refractivity contribution in [1.29, 1.82) is 0 Å². The van der Waals surface area contributed by atoms with E-state index >= 15 is 0 Å². The van der Waals surface area contributed by atoms with E-state index in [2.05, 4.69) is 27.5 Å². The number of rotatable bonds is 6. The predicted molar refractivity (Wildman–Crippen MR) is 104 cm³/mol. The molecular formula is C18H27N7OS. The summed E-state index contributed by atoms with van der Waals surface area (Å²) >= 11 is 1.29. The maximum atomic E-state index is 12.4. The van der Waals surface area contributed by atoms with Gasteiger partial charge in [-0.15, -0.1) is 10.2 Å². The van der Waals surface area contributed by atoms with E-state index in [0.29, 0.717) is 17.0 Å². The van der Waals surface area contributed by atoms with Gasteiger partial charge in [-0.1, -0.05) is 18.2 Å². The van der Waals surface area contributed by atoms with Gasteiger partial charge in [-0.2, -0.15) is 5.10 Å². The van der Waals surface area contributed by atoms with Crippen molar-refractivity contribution in [2.45, 2.75) is 57.7 Å². The van der Waals surface area contributed by atoms with E-state index in [1.807, 2.05) is 19.9 Å². The van der Waals surface area contributed by atoms with Crippen molar-refractivity contribution in [2.24, 2.45) is 17.8 Å². The number of thioether (sulfide) groups is 1. The van der Waals surface area contributed by atoms with Crippen molar-refractivity contribution in [2.75, 3.05) is 11.6 Å². The number of carbonyl (C=O) groups excluding carboxylic acids is 1. The number of nitrogens with zero attached hydrogens (tertiary/aromatic N) is 5. The molecule has 2 aromatic rings. The second kappa shape index (κ2) is 7.18. The zero-order valence-electron chi connectivity index (χ0n) is 16.1. The Bertz CT molecular complexity index is 845. The van der Waals surface area contributed by atoms with E-state index < -0.39 is 0 Å². The molecule has 2 aromatic heterocycles. The lowest BCUT2D eigenvalue weighted by Gasteiger charge is -2.28. The Balaban J connectivity index is 1.33. The molecule has 0 unspecified atom stereocenters. The number of carbonyl (C=O) groups is 1. The molecule has 0 saturated heterocycles. The zero-order chi connectivity index (χ0) is 19.1. The van der Waals surface area contributed by atoms with Crippen LogP contribution in [-0.4, -0.2) is 42.4 Å². The largest absolute Gasteiger partial charge is 0.353 e. The van der Waals surface area contributed by atoms with Crippen molar-refractivity contribution >= 4 is 17.7 Å². The molecule has 2 aliphatic rings. The maximum absolute atomic E-state index is 12.4. The Labute approximate surface area is 163 Å². The number of hydrogen-bond donors (Lipinski definition) is 2. The van der Waals surface area contributed by atoms with Crippen LogP contribution in [-0.2, 0) is 4.79 Å². The predicted octanol–water partition coefficient (Wildman–Crippen LogP) is 1.83. The van der Waals surface area contributed by atoms with Gasteiger partial charge in [0.1, 0.15) is 0 Å². The van der Waals surface area contributed by atoms with Gasteiger partial charge in [-0.05, 0) is 63.9 Å². The minimum atomic E-state index is 0.0194. The third-order valence-electron chi connectivity index (χ3n) is 6.00. The monoisotopic (exact) mass is 389 g/mol. The van der Waals surface area contributed by atoms with Gasteiger partial charge in [-0.25, -0.2) is 9.36 Å². The lowest BCUT2D eigenvalue weighted by atomic mass is 9.84.